The number of anilines is 1. The molecule has 8 heteroatoms. The van der Waals surface area contributed by atoms with Gasteiger partial charge in [0.2, 0.25) is 0 Å². The van der Waals surface area contributed by atoms with E-state index in [0.29, 0.717) is 5.56 Å². The molecule has 0 aliphatic rings. The van der Waals surface area contributed by atoms with Gasteiger partial charge in [-0.1, -0.05) is 18.2 Å². The second-order valence-corrected chi connectivity index (χ2v) is 5.05. The summed E-state index contributed by atoms with van der Waals surface area (Å²) in [7, 11) is 0. The molecule has 23 heavy (non-hydrogen) atoms. The average molecular weight is 333 g/mol. The minimum Gasteiger partial charge on any atom is -0.330 e. The minimum absolute atomic E-state index is 0.155. The largest absolute Gasteiger partial charge is 0.330 e. The third-order valence-corrected chi connectivity index (χ3v) is 3.23. The maximum atomic E-state index is 13.7. The molecule has 0 aromatic heterocycles. The summed E-state index contributed by atoms with van der Waals surface area (Å²) in [6.07, 6.45) is 0. The summed E-state index contributed by atoms with van der Waals surface area (Å²) in [4.78, 5) is 22.1. The molecule has 0 spiro atoms. The highest BCUT2D eigenvalue weighted by atomic mass is 32.1. The Bertz CT molecular complexity index is 795. The van der Waals surface area contributed by atoms with E-state index in [1.54, 1.807) is 31.2 Å². The van der Waals surface area contributed by atoms with Gasteiger partial charge in [0.25, 0.3) is 11.6 Å². The second kappa shape index (κ2) is 6.93. The number of halogens is 1. The average Bonchev–Trinajstić information content (AvgIpc) is 2.49. The number of nitro benzene ring substituents is 1. The summed E-state index contributed by atoms with van der Waals surface area (Å²) < 4.78 is 13.7. The van der Waals surface area contributed by atoms with Crippen molar-refractivity contribution >= 4 is 34.6 Å². The van der Waals surface area contributed by atoms with E-state index < -0.39 is 16.6 Å². The summed E-state index contributed by atoms with van der Waals surface area (Å²) in [5.74, 6) is -1.17. The molecular formula is C15H12FN3O3S. The molecular weight excluding hydrogens is 321 g/mol. The SMILES string of the molecule is Cc1ccccc1C(=O)NC(=S)Nc1cc([N+](=O)[O-])ccc1F. The van der Waals surface area contributed by atoms with Crippen LogP contribution >= 0.6 is 12.2 Å². The molecule has 118 valence electrons. The highest BCUT2D eigenvalue weighted by Gasteiger charge is 2.14. The Kier molecular flexibility index (Phi) is 4.97. The third kappa shape index (κ3) is 4.07. The molecule has 6 nitrogen and oxygen atoms in total. The van der Waals surface area contributed by atoms with E-state index in [4.69, 9.17) is 12.2 Å². The number of hydrogen-bond donors (Lipinski definition) is 2. The lowest BCUT2D eigenvalue weighted by Gasteiger charge is -2.11. The van der Waals surface area contributed by atoms with Crippen LogP contribution in [0.2, 0.25) is 0 Å². The smallest absolute Gasteiger partial charge is 0.271 e. The van der Waals surface area contributed by atoms with Crippen molar-refractivity contribution in [3.63, 3.8) is 0 Å². The van der Waals surface area contributed by atoms with Gasteiger partial charge in [0, 0.05) is 17.7 Å². The molecule has 0 heterocycles. The van der Waals surface area contributed by atoms with Crippen molar-refractivity contribution in [2.75, 3.05) is 5.32 Å². The number of amides is 1. The van der Waals surface area contributed by atoms with Gasteiger partial charge in [-0.15, -0.1) is 0 Å². The lowest BCUT2D eigenvalue weighted by atomic mass is 10.1. The second-order valence-electron chi connectivity index (χ2n) is 4.64. The third-order valence-electron chi connectivity index (χ3n) is 3.03. The molecule has 0 fully saturated rings. The molecule has 0 saturated heterocycles. The zero-order valence-electron chi connectivity index (χ0n) is 12.0. The van der Waals surface area contributed by atoms with Crippen LogP contribution in [-0.2, 0) is 0 Å². The number of hydrogen-bond acceptors (Lipinski definition) is 4. The summed E-state index contributed by atoms with van der Waals surface area (Å²) in [6.45, 7) is 1.77. The quantitative estimate of drug-likeness (QED) is 0.512. The number of benzene rings is 2. The fourth-order valence-corrected chi connectivity index (χ4v) is 2.08. The monoisotopic (exact) mass is 333 g/mol. The molecule has 0 unspecified atom stereocenters. The first kappa shape index (κ1) is 16.5. The van der Waals surface area contributed by atoms with Crippen LogP contribution in [0, 0.1) is 22.9 Å². The van der Waals surface area contributed by atoms with E-state index in [-0.39, 0.29) is 16.5 Å². The lowest BCUT2D eigenvalue weighted by molar-refractivity contribution is -0.384. The Morgan fingerprint density at radius 1 is 1.26 bits per heavy atom. The van der Waals surface area contributed by atoms with E-state index in [2.05, 4.69) is 10.6 Å². The first-order chi connectivity index (χ1) is 10.9. The van der Waals surface area contributed by atoms with E-state index in [0.717, 1.165) is 23.8 Å². The van der Waals surface area contributed by atoms with Crippen molar-refractivity contribution in [3.8, 4) is 0 Å². The van der Waals surface area contributed by atoms with Crippen molar-refractivity contribution in [3.05, 3.63) is 69.5 Å². The van der Waals surface area contributed by atoms with E-state index in [1.165, 1.54) is 0 Å². The number of rotatable bonds is 3. The number of nitrogens with zero attached hydrogens (tertiary/aromatic N) is 1. The van der Waals surface area contributed by atoms with Crippen LogP contribution in [-0.4, -0.2) is 15.9 Å². The number of nitrogens with one attached hydrogen (secondary N) is 2. The topological polar surface area (TPSA) is 84.3 Å². The maximum absolute atomic E-state index is 13.7. The van der Waals surface area contributed by atoms with Gasteiger partial charge >= 0.3 is 0 Å². The molecule has 2 aromatic rings. The van der Waals surface area contributed by atoms with Crippen LogP contribution in [0.4, 0.5) is 15.8 Å². The molecule has 0 aliphatic heterocycles. The Morgan fingerprint density at radius 2 is 1.96 bits per heavy atom. The molecule has 0 bridgehead atoms. The van der Waals surface area contributed by atoms with Crippen molar-refractivity contribution in [2.45, 2.75) is 6.92 Å². The molecule has 2 aromatic carbocycles. The molecule has 0 radical (unpaired) electrons. The highest BCUT2D eigenvalue weighted by molar-refractivity contribution is 7.80. The van der Waals surface area contributed by atoms with Gasteiger partial charge in [0.15, 0.2) is 5.11 Å². The predicted molar refractivity (Wildman–Crippen MR) is 87.9 cm³/mol. The van der Waals surface area contributed by atoms with Crippen LogP contribution in [0.25, 0.3) is 0 Å². The van der Waals surface area contributed by atoms with Gasteiger partial charge in [-0.25, -0.2) is 4.39 Å². The lowest BCUT2D eigenvalue weighted by Crippen LogP contribution is -2.34. The number of carbonyl (C=O) groups is 1. The Labute approximate surface area is 136 Å². The van der Waals surface area contributed by atoms with Gasteiger partial charge in [-0.05, 0) is 36.8 Å². The standard InChI is InChI=1S/C15H12FN3O3S/c1-9-4-2-3-5-11(9)14(20)18-15(23)17-13-8-10(19(21)22)6-7-12(13)16/h2-8H,1H3,(H2,17,18,20,23). The van der Waals surface area contributed by atoms with Gasteiger partial charge in [-0.2, -0.15) is 0 Å². The molecule has 0 saturated carbocycles. The van der Waals surface area contributed by atoms with Crippen molar-refractivity contribution in [1.82, 2.24) is 5.32 Å². The normalized spacial score (nSPS) is 10.0. The summed E-state index contributed by atoms with van der Waals surface area (Å²) in [5, 5.41) is 15.4. The van der Waals surface area contributed by atoms with Crippen LogP contribution in [0.3, 0.4) is 0 Å². The number of aryl methyl sites for hydroxylation is 1. The summed E-state index contributed by atoms with van der Waals surface area (Å²) in [6, 6.07) is 9.88. The molecule has 0 atom stereocenters. The fourth-order valence-electron chi connectivity index (χ4n) is 1.87. The molecule has 1 amide bonds. The Balaban J connectivity index is 2.11. The van der Waals surface area contributed by atoms with Gasteiger partial charge < -0.3 is 5.32 Å². The molecule has 0 aliphatic carbocycles. The van der Waals surface area contributed by atoms with Crippen LogP contribution < -0.4 is 10.6 Å². The highest BCUT2D eigenvalue weighted by Crippen LogP contribution is 2.21. The van der Waals surface area contributed by atoms with Crippen LogP contribution in [0.5, 0.6) is 0 Å². The molecule has 2 rings (SSSR count). The van der Waals surface area contributed by atoms with Crippen LogP contribution in [0.15, 0.2) is 42.5 Å². The Morgan fingerprint density at radius 3 is 2.61 bits per heavy atom. The first-order valence-corrected chi connectivity index (χ1v) is 6.91. The Hall–Kier alpha value is -2.87. The van der Waals surface area contributed by atoms with Gasteiger partial charge in [0.1, 0.15) is 5.82 Å². The van der Waals surface area contributed by atoms with Crippen molar-refractivity contribution < 1.29 is 14.1 Å². The van der Waals surface area contributed by atoms with E-state index in [1.807, 2.05) is 0 Å². The number of thiocarbonyl (C=S) groups is 1. The van der Waals surface area contributed by atoms with Gasteiger partial charge in [-0.3, -0.25) is 20.2 Å². The predicted octanol–water partition coefficient (Wildman–Crippen LogP) is 3.17. The zero-order valence-corrected chi connectivity index (χ0v) is 12.8. The number of nitro groups is 1. The van der Waals surface area contributed by atoms with Crippen molar-refractivity contribution in [2.24, 2.45) is 0 Å². The first-order valence-electron chi connectivity index (χ1n) is 6.50. The van der Waals surface area contributed by atoms with E-state index in [9.17, 15) is 19.3 Å². The van der Waals surface area contributed by atoms with Crippen molar-refractivity contribution in [1.29, 1.82) is 0 Å². The van der Waals surface area contributed by atoms with E-state index >= 15 is 0 Å². The zero-order chi connectivity index (χ0) is 17.0. The summed E-state index contributed by atoms with van der Waals surface area (Å²) in [5.41, 5.74) is 0.710. The maximum Gasteiger partial charge on any atom is 0.271 e. The van der Waals surface area contributed by atoms with Crippen LogP contribution in [0.1, 0.15) is 15.9 Å². The fraction of sp³-hybridized carbons (Fsp3) is 0.0667. The number of carbonyl (C=O) groups excluding carboxylic acids is 1. The summed E-state index contributed by atoms with van der Waals surface area (Å²) >= 11 is 4.94. The number of non-ortho nitro benzene ring substituents is 1. The van der Waals surface area contributed by atoms with Gasteiger partial charge in [0.05, 0.1) is 10.6 Å². The molecule has 2 N–H and O–H groups in total. The minimum atomic E-state index is -0.719.